The largest absolute Gasteiger partial charge is 0.534 e. The van der Waals surface area contributed by atoms with Gasteiger partial charge in [0.15, 0.2) is 0 Å². The summed E-state index contributed by atoms with van der Waals surface area (Å²) in [7, 11) is -5.86. The van der Waals surface area contributed by atoms with Crippen LogP contribution < -0.4 is 0 Å². The van der Waals surface area contributed by atoms with E-state index in [1.807, 2.05) is 19.9 Å². The molecular formula is C34H43F3O7S. The molecule has 248 valence electrons. The summed E-state index contributed by atoms with van der Waals surface area (Å²) < 4.78 is 81.3. The van der Waals surface area contributed by atoms with Crippen molar-refractivity contribution in [3.63, 3.8) is 0 Å². The number of esters is 2. The molecule has 6 atom stereocenters. The van der Waals surface area contributed by atoms with Gasteiger partial charge in [0, 0.05) is 18.4 Å². The molecule has 11 heteroatoms. The fraction of sp³-hybridized carbons (Fsp3) is 0.647. The summed E-state index contributed by atoms with van der Waals surface area (Å²) in [5.41, 5.74) is -3.17. The van der Waals surface area contributed by atoms with E-state index in [-0.39, 0.29) is 66.4 Å². The van der Waals surface area contributed by atoms with Crippen molar-refractivity contribution in [2.24, 2.45) is 28.6 Å². The molecule has 1 saturated carbocycles. The van der Waals surface area contributed by atoms with E-state index in [1.54, 1.807) is 31.2 Å². The van der Waals surface area contributed by atoms with Gasteiger partial charge in [0.25, 0.3) is 0 Å². The first kappa shape index (κ1) is 33.5. The van der Waals surface area contributed by atoms with E-state index >= 15 is 0 Å². The molecule has 0 saturated heterocycles. The number of hydrogen-bond donors (Lipinski definition) is 0. The van der Waals surface area contributed by atoms with E-state index in [9.17, 15) is 31.2 Å². The van der Waals surface area contributed by atoms with Crippen LogP contribution in [-0.4, -0.2) is 38.6 Å². The van der Waals surface area contributed by atoms with Crippen molar-refractivity contribution in [2.45, 2.75) is 104 Å². The summed E-state index contributed by atoms with van der Waals surface area (Å²) in [6, 6.07) is 8.88. The third-order valence-electron chi connectivity index (χ3n) is 11.1. The van der Waals surface area contributed by atoms with Gasteiger partial charge in [0.05, 0.1) is 12.2 Å². The van der Waals surface area contributed by atoms with Gasteiger partial charge in [-0.3, -0.25) is 4.79 Å². The third kappa shape index (κ3) is 6.30. The standard InChI is InChI=1S/C34H43F3O7S/c1-5-42-29(38)14-11-21(2)27-20-28(44-45(40,41)34(35,36)37)30-25-13-12-23-19-24(43-31(39)22-9-7-6-8-10-22)15-17-32(23,3)26(25)16-18-33(27,30)4/h6-10,21,23-24,27H,5,11-20H2,1-4H3/t21-,23+,24+,27-,32+,33-/m1/s1. The lowest BCUT2D eigenvalue weighted by Gasteiger charge is -2.54. The Kier molecular flexibility index (Phi) is 9.25. The van der Waals surface area contributed by atoms with Crippen LogP contribution in [0.2, 0.25) is 0 Å². The molecule has 0 unspecified atom stereocenters. The van der Waals surface area contributed by atoms with Crippen LogP contribution in [0.1, 0.15) is 102 Å². The smallest absolute Gasteiger partial charge is 0.466 e. The zero-order valence-electron chi connectivity index (χ0n) is 26.4. The van der Waals surface area contributed by atoms with Gasteiger partial charge < -0.3 is 13.7 Å². The predicted molar refractivity (Wildman–Crippen MR) is 161 cm³/mol. The average molecular weight is 653 g/mol. The number of allylic oxidation sites excluding steroid dienone is 4. The summed E-state index contributed by atoms with van der Waals surface area (Å²) in [5, 5.41) is 0. The molecule has 0 aliphatic heterocycles. The molecule has 7 nitrogen and oxygen atoms in total. The highest BCUT2D eigenvalue weighted by Gasteiger charge is 2.57. The average Bonchev–Trinajstić information content (AvgIpc) is 3.27. The molecule has 0 spiro atoms. The highest BCUT2D eigenvalue weighted by Crippen LogP contribution is 2.66. The number of rotatable bonds is 9. The van der Waals surface area contributed by atoms with Crippen molar-refractivity contribution >= 4 is 22.1 Å². The topological polar surface area (TPSA) is 96.0 Å². The molecule has 0 aromatic heterocycles. The Labute approximate surface area is 263 Å². The van der Waals surface area contributed by atoms with Crippen molar-refractivity contribution < 1.29 is 44.8 Å². The first-order valence-corrected chi connectivity index (χ1v) is 17.4. The monoisotopic (exact) mass is 652 g/mol. The minimum absolute atomic E-state index is 0.0551. The van der Waals surface area contributed by atoms with Crippen LogP contribution in [0.15, 0.2) is 52.8 Å². The van der Waals surface area contributed by atoms with Gasteiger partial charge in [-0.2, -0.15) is 21.6 Å². The summed E-state index contributed by atoms with van der Waals surface area (Å²) in [6.45, 7) is 8.18. The first-order valence-electron chi connectivity index (χ1n) is 16.0. The number of carbonyl (C=O) groups is 2. The molecule has 1 fully saturated rings. The Morgan fingerprint density at radius 3 is 2.42 bits per heavy atom. The maximum atomic E-state index is 13.6. The number of ether oxygens (including phenoxy) is 2. The molecule has 0 heterocycles. The Hall–Kier alpha value is -2.82. The molecule has 0 radical (unpaired) electrons. The van der Waals surface area contributed by atoms with Crippen molar-refractivity contribution in [3.05, 3.63) is 58.4 Å². The van der Waals surface area contributed by atoms with Crippen LogP contribution in [-0.2, 0) is 28.6 Å². The normalized spacial score (nSPS) is 30.6. The zero-order chi connectivity index (χ0) is 32.8. The van der Waals surface area contributed by atoms with Crippen molar-refractivity contribution in [3.8, 4) is 0 Å². The third-order valence-corrected chi connectivity index (χ3v) is 12.1. The highest BCUT2D eigenvalue weighted by molar-refractivity contribution is 7.87. The van der Waals surface area contributed by atoms with Crippen molar-refractivity contribution in [2.75, 3.05) is 6.61 Å². The molecule has 0 N–H and O–H groups in total. The Morgan fingerprint density at radius 1 is 1.04 bits per heavy atom. The van der Waals surface area contributed by atoms with Gasteiger partial charge >= 0.3 is 27.6 Å². The second-order valence-electron chi connectivity index (χ2n) is 13.6. The molecular weight excluding hydrogens is 609 g/mol. The van der Waals surface area contributed by atoms with Gasteiger partial charge in [0.2, 0.25) is 0 Å². The molecule has 5 rings (SSSR count). The first-order chi connectivity index (χ1) is 21.1. The van der Waals surface area contributed by atoms with E-state index < -0.39 is 21.0 Å². The van der Waals surface area contributed by atoms with Gasteiger partial charge in [-0.15, -0.1) is 0 Å². The summed E-state index contributed by atoms with van der Waals surface area (Å²) in [5.74, 6) is -0.863. The second-order valence-corrected chi connectivity index (χ2v) is 15.1. The minimum Gasteiger partial charge on any atom is -0.466 e. The van der Waals surface area contributed by atoms with E-state index in [0.29, 0.717) is 43.2 Å². The number of halogens is 3. The highest BCUT2D eigenvalue weighted by atomic mass is 32.2. The fourth-order valence-corrected chi connectivity index (χ4v) is 9.24. The fourth-order valence-electron chi connectivity index (χ4n) is 8.72. The predicted octanol–water partition coefficient (Wildman–Crippen LogP) is 8.03. The summed E-state index contributed by atoms with van der Waals surface area (Å²) in [4.78, 5) is 24.9. The molecule has 1 aromatic carbocycles. The SMILES string of the molecule is CCOC(=O)CC[C@@H](C)[C@H]1CC(OS(=O)(=O)C(F)(F)F)=C2C3=C(CC[C@@]21C)[C@@]1(C)CC[C@H](OC(=O)c2ccccc2)C[C@@H]1CC3. The molecule has 4 aliphatic carbocycles. The van der Waals surface area contributed by atoms with E-state index in [1.165, 1.54) is 5.57 Å². The minimum atomic E-state index is -5.86. The number of fused-ring (bicyclic) bond motifs is 4. The molecule has 1 aromatic rings. The van der Waals surface area contributed by atoms with Crippen LogP contribution >= 0.6 is 0 Å². The number of alkyl halides is 3. The molecule has 4 aliphatic rings. The van der Waals surface area contributed by atoms with Crippen LogP contribution in [0.25, 0.3) is 0 Å². The molecule has 0 amide bonds. The summed E-state index contributed by atoms with van der Waals surface area (Å²) in [6.07, 6.45) is 5.32. The maximum Gasteiger partial charge on any atom is 0.534 e. The van der Waals surface area contributed by atoms with Crippen LogP contribution in [0.5, 0.6) is 0 Å². The van der Waals surface area contributed by atoms with Gasteiger partial charge in [0.1, 0.15) is 11.9 Å². The Morgan fingerprint density at radius 2 is 1.76 bits per heavy atom. The second kappa shape index (κ2) is 12.4. The van der Waals surface area contributed by atoms with Crippen LogP contribution in [0.4, 0.5) is 13.2 Å². The van der Waals surface area contributed by atoms with Gasteiger partial charge in [-0.1, -0.05) is 44.5 Å². The Bertz CT molecular complexity index is 1480. The quantitative estimate of drug-likeness (QED) is 0.151. The summed E-state index contributed by atoms with van der Waals surface area (Å²) >= 11 is 0. The zero-order valence-corrected chi connectivity index (χ0v) is 27.2. The van der Waals surface area contributed by atoms with Gasteiger partial charge in [-0.05, 0) is 105 Å². The molecule has 0 bridgehead atoms. The van der Waals surface area contributed by atoms with Crippen LogP contribution in [0.3, 0.4) is 0 Å². The van der Waals surface area contributed by atoms with Crippen molar-refractivity contribution in [1.82, 2.24) is 0 Å². The maximum absolute atomic E-state index is 13.6. The van der Waals surface area contributed by atoms with Gasteiger partial charge in [-0.25, -0.2) is 4.79 Å². The number of carbonyl (C=O) groups excluding carboxylic acids is 2. The lowest BCUT2D eigenvalue weighted by molar-refractivity contribution is -0.143. The Balaban J connectivity index is 1.44. The number of hydrogen-bond acceptors (Lipinski definition) is 7. The van der Waals surface area contributed by atoms with E-state index in [0.717, 1.165) is 24.8 Å². The number of benzene rings is 1. The van der Waals surface area contributed by atoms with Crippen LogP contribution in [0, 0.1) is 28.6 Å². The lowest BCUT2D eigenvalue weighted by atomic mass is 9.51. The molecule has 45 heavy (non-hydrogen) atoms. The lowest BCUT2D eigenvalue weighted by Crippen LogP contribution is -2.45. The van der Waals surface area contributed by atoms with Crippen molar-refractivity contribution in [1.29, 1.82) is 0 Å². The van der Waals surface area contributed by atoms with E-state index in [4.69, 9.17) is 13.7 Å². The van der Waals surface area contributed by atoms with E-state index in [2.05, 4.69) is 6.92 Å².